The van der Waals surface area contributed by atoms with E-state index in [1.54, 1.807) is 0 Å². The molecular formula is C20H16F3NO5S. The van der Waals surface area contributed by atoms with Gasteiger partial charge in [-0.05, 0) is 42.5 Å². The van der Waals surface area contributed by atoms with Crippen LogP contribution < -0.4 is 5.32 Å². The Morgan fingerprint density at radius 2 is 1.83 bits per heavy atom. The summed E-state index contributed by atoms with van der Waals surface area (Å²) < 4.78 is 68.0. The lowest BCUT2D eigenvalue weighted by atomic mass is 10.1. The zero-order valence-corrected chi connectivity index (χ0v) is 16.3. The molecule has 1 aromatic heterocycles. The van der Waals surface area contributed by atoms with Crippen LogP contribution in [0.15, 0.2) is 63.9 Å². The molecule has 0 unspecified atom stereocenters. The van der Waals surface area contributed by atoms with E-state index in [0.717, 1.165) is 24.3 Å². The number of benzene rings is 2. The Kier molecular flexibility index (Phi) is 5.62. The maximum Gasteiger partial charge on any atom is 0.416 e. The third kappa shape index (κ3) is 4.48. The molecule has 0 saturated carbocycles. The first kappa shape index (κ1) is 21.4. The van der Waals surface area contributed by atoms with Gasteiger partial charge in [0.25, 0.3) is 5.91 Å². The number of phenols is 1. The quantitative estimate of drug-likeness (QED) is 0.561. The van der Waals surface area contributed by atoms with E-state index in [9.17, 15) is 31.5 Å². The molecule has 1 amide bonds. The molecule has 158 valence electrons. The minimum Gasteiger partial charge on any atom is -0.506 e. The van der Waals surface area contributed by atoms with Gasteiger partial charge < -0.3 is 14.8 Å². The number of sulfone groups is 1. The molecular weight excluding hydrogens is 423 g/mol. The predicted molar refractivity (Wildman–Crippen MR) is 103 cm³/mol. The second kappa shape index (κ2) is 7.86. The zero-order valence-electron chi connectivity index (χ0n) is 15.5. The van der Waals surface area contributed by atoms with Gasteiger partial charge in [-0.25, -0.2) is 8.42 Å². The molecule has 3 rings (SSSR count). The monoisotopic (exact) mass is 439 g/mol. The molecule has 0 aliphatic carbocycles. The molecule has 30 heavy (non-hydrogen) atoms. The lowest BCUT2D eigenvalue weighted by Gasteiger charge is -2.09. The van der Waals surface area contributed by atoms with Gasteiger partial charge in [-0.2, -0.15) is 13.2 Å². The van der Waals surface area contributed by atoms with Crippen molar-refractivity contribution in [2.75, 3.05) is 11.1 Å². The first-order chi connectivity index (χ1) is 14.0. The number of furan rings is 1. The van der Waals surface area contributed by atoms with Crippen LogP contribution in [0.1, 0.15) is 23.0 Å². The lowest BCUT2D eigenvalue weighted by Crippen LogP contribution is -2.12. The van der Waals surface area contributed by atoms with Gasteiger partial charge in [-0.1, -0.05) is 19.1 Å². The number of rotatable bonds is 5. The molecule has 6 nitrogen and oxygen atoms in total. The predicted octanol–water partition coefficient (Wildman–Crippen LogP) is 4.72. The van der Waals surface area contributed by atoms with Crippen LogP contribution in [0.3, 0.4) is 0 Å². The van der Waals surface area contributed by atoms with E-state index < -0.39 is 27.5 Å². The van der Waals surface area contributed by atoms with Gasteiger partial charge in [-0.15, -0.1) is 0 Å². The van der Waals surface area contributed by atoms with E-state index in [-0.39, 0.29) is 39.2 Å². The van der Waals surface area contributed by atoms with Crippen LogP contribution in [0, 0.1) is 0 Å². The summed E-state index contributed by atoms with van der Waals surface area (Å²) in [4.78, 5) is 12.3. The number of phenolic OH excluding ortho intramolecular Hbond substituents is 1. The molecule has 3 aromatic rings. The topological polar surface area (TPSA) is 96.6 Å². The summed E-state index contributed by atoms with van der Waals surface area (Å²) in [6.45, 7) is 1.46. The number of carbonyl (C=O) groups is 1. The fourth-order valence-electron chi connectivity index (χ4n) is 2.62. The Morgan fingerprint density at radius 1 is 1.10 bits per heavy atom. The number of alkyl halides is 3. The number of carbonyl (C=O) groups excluding carboxylic acids is 1. The molecule has 0 fully saturated rings. The van der Waals surface area contributed by atoms with Crippen LogP contribution in [0.2, 0.25) is 0 Å². The Morgan fingerprint density at radius 3 is 2.50 bits per heavy atom. The van der Waals surface area contributed by atoms with Crippen molar-refractivity contribution in [1.29, 1.82) is 0 Å². The molecule has 2 aromatic carbocycles. The number of hydrogen-bond acceptors (Lipinski definition) is 5. The Balaban J connectivity index is 1.86. The third-order valence-electron chi connectivity index (χ3n) is 4.26. The van der Waals surface area contributed by atoms with Crippen LogP contribution in [0.4, 0.5) is 18.9 Å². The number of halogens is 3. The normalized spacial score (nSPS) is 12.0. The van der Waals surface area contributed by atoms with Crippen molar-refractivity contribution in [3.8, 4) is 17.1 Å². The fourth-order valence-corrected chi connectivity index (χ4v) is 3.53. The van der Waals surface area contributed by atoms with Crippen molar-refractivity contribution in [3.05, 3.63) is 65.9 Å². The van der Waals surface area contributed by atoms with E-state index in [0.29, 0.717) is 0 Å². The molecule has 0 aliphatic heterocycles. The average Bonchev–Trinajstić information content (AvgIpc) is 3.19. The summed E-state index contributed by atoms with van der Waals surface area (Å²) in [6.07, 6.45) is -4.52. The number of hydrogen-bond donors (Lipinski definition) is 2. The van der Waals surface area contributed by atoms with E-state index in [4.69, 9.17) is 4.42 Å². The SMILES string of the molecule is CCS(=O)(=O)c1ccc(O)c(NC(=O)c2ccc(-c3cccc(C(F)(F)F)c3)o2)c1. The first-order valence-corrected chi connectivity index (χ1v) is 10.3. The van der Waals surface area contributed by atoms with Gasteiger partial charge in [0.05, 0.1) is 21.9 Å². The van der Waals surface area contributed by atoms with Gasteiger partial charge >= 0.3 is 6.18 Å². The summed E-state index contributed by atoms with van der Waals surface area (Å²) in [5.41, 5.74) is -0.879. The maximum absolute atomic E-state index is 12.9. The van der Waals surface area contributed by atoms with Crippen molar-refractivity contribution in [2.45, 2.75) is 18.0 Å². The van der Waals surface area contributed by atoms with Crippen LogP contribution in [-0.4, -0.2) is 25.2 Å². The van der Waals surface area contributed by atoms with Crippen LogP contribution in [0.5, 0.6) is 5.75 Å². The van der Waals surface area contributed by atoms with Gasteiger partial charge in [0.1, 0.15) is 11.5 Å². The van der Waals surface area contributed by atoms with E-state index in [1.807, 2.05) is 0 Å². The largest absolute Gasteiger partial charge is 0.506 e. The van der Waals surface area contributed by atoms with Gasteiger partial charge in [0.15, 0.2) is 15.6 Å². The Hall–Kier alpha value is -3.27. The first-order valence-electron chi connectivity index (χ1n) is 8.66. The zero-order chi connectivity index (χ0) is 22.1. The van der Waals surface area contributed by atoms with Crippen LogP contribution in [0.25, 0.3) is 11.3 Å². The van der Waals surface area contributed by atoms with E-state index >= 15 is 0 Å². The van der Waals surface area contributed by atoms with Crippen LogP contribution in [-0.2, 0) is 16.0 Å². The molecule has 0 aliphatic rings. The number of nitrogens with one attached hydrogen (secondary N) is 1. The van der Waals surface area contributed by atoms with Crippen LogP contribution >= 0.6 is 0 Å². The van der Waals surface area contributed by atoms with Gasteiger partial charge in [0, 0.05) is 5.56 Å². The maximum atomic E-state index is 12.9. The molecule has 2 N–H and O–H groups in total. The highest BCUT2D eigenvalue weighted by Gasteiger charge is 2.30. The second-order valence-corrected chi connectivity index (χ2v) is 8.56. The average molecular weight is 439 g/mol. The van der Waals surface area contributed by atoms with Gasteiger partial charge in [0.2, 0.25) is 0 Å². The lowest BCUT2D eigenvalue weighted by molar-refractivity contribution is -0.137. The molecule has 0 saturated heterocycles. The molecule has 0 bridgehead atoms. The number of aromatic hydroxyl groups is 1. The molecule has 0 atom stereocenters. The molecule has 10 heteroatoms. The highest BCUT2D eigenvalue weighted by molar-refractivity contribution is 7.91. The van der Waals surface area contributed by atoms with Crippen molar-refractivity contribution in [3.63, 3.8) is 0 Å². The summed E-state index contributed by atoms with van der Waals surface area (Å²) in [7, 11) is -3.56. The summed E-state index contributed by atoms with van der Waals surface area (Å²) >= 11 is 0. The number of amides is 1. The highest BCUT2D eigenvalue weighted by atomic mass is 32.2. The van der Waals surface area contributed by atoms with Crippen molar-refractivity contribution in [1.82, 2.24) is 0 Å². The highest BCUT2D eigenvalue weighted by Crippen LogP contribution is 2.33. The van der Waals surface area contributed by atoms with Crippen molar-refractivity contribution < 1.29 is 35.9 Å². The van der Waals surface area contributed by atoms with E-state index in [2.05, 4.69) is 5.32 Å². The Labute approximate surface area is 169 Å². The molecule has 1 heterocycles. The minimum absolute atomic E-state index is 0.0396. The van der Waals surface area contributed by atoms with Crippen molar-refractivity contribution in [2.24, 2.45) is 0 Å². The number of anilines is 1. The summed E-state index contributed by atoms with van der Waals surface area (Å²) in [6, 6.07) is 10.5. The molecule has 0 spiro atoms. The standard InChI is InChI=1S/C20H16F3NO5S/c1-2-30(27,28)14-6-7-16(25)15(11-14)24-19(26)18-9-8-17(29-18)12-4-3-5-13(10-12)20(21,22)23/h3-11,25H,2H2,1H3,(H,24,26). The van der Waals surface area contributed by atoms with E-state index in [1.165, 1.54) is 37.3 Å². The fraction of sp³-hybridized carbons (Fsp3) is 0.150. The summed E-state index contributed by atoms with van der Waals surface area (Å²) in [5.74, 6) is -1.52. The smallest absolute Gasteiger partial charge is 0.416 e. The molecule has 0 radical (unpaired) electrons. The van der Waals surface area contributed by atoms with Gasteiger partial charge in [-0.3, -0.25) is 4.79 Å². The van der Waals surface area contributed by atoms with Crippen molar-refractivity contribution >= 4 is 21.4 Å². The minimum atomic E-state index is -4.52. The second-order valence-electron chi connectivity index (χ2n) is 6.28. The Bertz CT molecular complexity index is 1200. The third-order valence-corrected chi connectivity index (χ3v) is 5.99. The summed E-state index contributed by atoms with van der Waals surface area (Å²) in [5, 5.41) is 12.2.